The Labute approximate surface area is 205 Å². The number of halogens is 2. The Morgan fingerprint density at radius 3 is 2.26 bits per heavy atom. The van der Waals surface area contributed by atoms with Crippen molar-refractivity contribution >= 4 is 23.5 Å². The van der Waals surface area contributed by atoms with E-state index in [4.69, 9.17) is 36.1 Å². The number of benzene rings is 2. The smallest absolute Gasteiger partial charge is 0.414 e. The number of carboxylic acid groups (broad SMARTS) is 2. The number of aromatic nitrogens is 1. The van der Waals surface area contributed by atoms with Gasteiger partial charge in [0.2, 0.25) is 11.8 Å². The summed E-state index contributed by atoms with van der Waals surface area (Å²) in [5, 5.41) is 38.5. The maximum atomic E-state index is 13.1. The second-order valence-electron chi connectivity index (χ2n) is 7.22. The number of aliphatic hydroxyl groups excluding tert-OH is 2. The SMILES string of the molecule is O=C(O)C(=O)O.OC[C@H](Cc1ccc(Oc2cccc(F)n2)cc1)NC[C@H](O)c1cccc(Cl)c1. The number of ether oxygens (including phenoxy) is 1. The van der Waals surface area contributed by atoms with E-state index in [0.717, 1.165) is 5.56 Å². The van der Waals surface area contributed by atoms with Crippen LogP contribution in [0.4, 0.5) is 4.39 Å². The van der Waals surface area contributed by atoms with Crippen molar-refractivity contribution in [1.82, 2.24) is 10.3 Å². The molecule has 0 aliphatic carbocycles. The largest absolute Gasteiger partial charge is 0.473 e. The van der Waals surface area contributed by atoms with E-state index < -0.39 is 24.0 Å². The summed E-state index contributed by atoms with van der Waals surface area (Å²) in [6, 6.07) is 18.4. The Balaban J connectivity index is 0.000000641. The van der Waals surface area contributed by atoms with Crippen LogP contribution in [0.1, 0.15) is 17.2 Å². The molecule has 0 amide bonds. The van der Waals surface area contributed by atoms with E-state index in [1.807, 2.05) is 12.1 Å². The highest BCUT2D eigenvalue weighted by molar-refractivity contribution is 6.30. The van der Waals surface area contributed by atoms with Gasteiger partial charge >= 0.3 is 11.9 Å². The topological polar surface area (TPSA) is 149 Å². The minimum atomic E-state index is -1.82. The number of carbonyl (C=O) groups is 2. The minimum absolute atomic E-state index is 0.0757. The highest BCUT2D eigenvalue weighted by Gasteiger charge is 2.13. The summed E-state index contributed by atoms with van der Waals surface area (Å²) in [7, 11) is 0. The maximum absolute atomic E-state index is 13.1. The Hall–Kier alpha value is -3.57. The summed E-state index contributed by atoms with van der Waals surface area (Å²) in [6.45, 7) is 0.214. The zero-order valence-corrected chi connectivity index (χ0v) is 19.1. The van der Waals surface area contributed by atoms with Gasteiger partial charge in [-0.2, -0.15) is 9.37 Å². The van der Waals surface area contributed by atoms with Gasteiger partial charge in [-0.15, -0.1) is 0 Å². The second kappa shape index (κ2) is 14.0. The van der Waals surface area contributed by atoms with Gasteiger partial charge in [-0.1, -0.05) is 41.9 Å². The molecule has 1 heterocycles. The first kappa shape index (κ1) is 27.7. The first-order valence-electron chi connectivity index (χ1n) is 10.3. The maximum Gasteiger partial charge on any atom is 0.414 e. The van der Waals surface area contributed by atoms with Crippen molar-refractivity contribution in [3.05, 3.63) is 88.8 Å². The number of hydrogen-bond acceptors (Lipinski definition) is 7. The predicted molar refractivity (Wildman–Crippen MR) is 125 cm³/mol. The third kappa shape index (κ3) is 10.1. The molecule has 0 radical (unpaired) electrons. The van der Waals surface area contributed by atoms with Gasteiger partial charge in [-0.25, -0.2) is 9.59 Å². The Morgan fingerprint density at radius 2 is 1.69 bits per heavy atom. The molecular formula is C24H24ClFN2O7. The quantitative estimate of drug-likeness (QED) is 0.218. The first-order valence-corrected chi connectivity index (χ1v) is 10.7. The number of aliphatic carboxylic acids is 2. The predicted octanol–water partition coefficient (Wildman–Crippen LogP) is 3.05. The summed E-state index contributed by atoms with van der Waals surface area (Å²) >= 11 is 5.95. The third-order valence-electron chi connectivity index (χ3n) is 4.55. The normalized spacial score (nSPS) is 12.1. The molecule has 3 aromatic rings. The van der Waals surface area contributed by atoms with Crippen LogP contribution in [0, 0.1) is 5.95 Å². The molecule has 2 atom stereocenters. The van der Waals surface area contributed by atoms with Crippen LogP contribution in [-0.4, -0.2) is 56.5 Å². The van der Waals surface area contributed by atoms with Crippen LogP contribution in [0.5, 0.6) is 11.6 Å². The number of aliphatic hydroxyl groups is 2. The van der Waals surface area contributed by atoms with Crippen LogP contribution in [0.3, 0.4) is 0 Å². The lowest BCUT2D eigenvalue weighted by atomic mass is 10.1. The molecule has 0 saturated heterocycles. The molecule has 1 aromatic heterocycles. The molecule has 0 bridgehead atoms. The number of nitrogens with zero attached hydrogens (tertiary/aromatic N) is 1. The van der Waals surface area contributed by atoms with Gasteiger partial charge in [-0.3, -0.25) is 0 Å². The summed E-state index contributed by atoms with van der Waals surface area (Å²) in [5.41, 5.74) is 1.70. The lowest BCUT2D eigenvalue weighted by Crippen LogP contribution is -2.37. The van der Waals surface area contributed by atoms with Gasteiger partial charge in [-0.05, 0) is 47.9 Å². The van der Waals surface area contributed by atoms with Crippen molar-refractivity contribution in [3.8, 4) is 11.6 Å². The van der Waals surface area contributed by atoms with Crippen LogP contribution < -0.4 is 10.1 Å². The van der Waals surface area contributed by atoms with E-state index in [-0.39, 0.29) is 25.1 Å². The molecule has 9 nitrogen and oxygen atoms in total. The van der Waals surface area contributed by atoms with Crippen molar-refractivity contribution in [2.75, 3.05) is 13.2 Å². The summed E-state index contributed by atoms with van der Waals surface area (Å²) in [6.07, 6.45) is -0.158. The number of carboxylic acids is 2. The van der Waals surface area contributed by atoms with E-state index in [1.54, 1.807) is 42.5 Å². The number of pyridine rings is 1. The van der Waals surface area contributed by atoms with Gasteiger partial charge in [0.05, 0.1) is 12.7 Å². The highest BCUT2D eigenvalue weighted by Crippen LogP contribution is 2.21. The summed E-state index contributed by atoms with van der Waals surface area (Å²) < 4.78 is 18.7. The van der Waals surface area contributed by atoms with Crippen LogP contribution in [0.25, 0.3) is 0 Å². The Bertz CT molecular complexity index is 1100. The molecule has 2 aromatic carbocycles. The molecule has 0 saturated carbocycles. The molecule has 5 N–H and O–H groups in total. The second-order valence-corrected chi connectivity index (χ2v) is 7.65. The van der Waals surface area contributed by atoms with Crippen LogP contribution >= 0.6 is 11.6 Å². The standard InChI is InChI=1S/C22H22ClFN2O3.C2H2O4/c23-17-4-1-3-16(12-17)20(28)13-25-18(14-27)11-15-7-9-19(10-8-15)29-22-6-2-5-21(24)26-22;3-1(4)2(5)6/h1-10,12,18,20,25,27-28H,11,13-14H2;(H,3,4)(H,5,6)/t18-,20-;/m0./s1. The van der Waals surface area contributed by atoms with Gasteiger partial charge in [0.1, 0.15) is 5.75 Å². The zero-order chi connectivity index (χ0) is 25.8. The van der Waals surface area contributed by atoms with Crippen LogP contribution in [0.2, 0.25) is 5.02 Å². The van der Waals surface area contributed by atoms with E-state index in [9.17, 15) is 14.6 Å². The zero-order valence-electron chi connectivity index (χ0n) is 18.3. The van der Waals surface area contributed by atoms with Gasteiger partial charge in [0.25, 0.3) is 0 Å². The van der Waals surface area contributed by atoms with Gasteiger partial charge in [0, 0.05) is 23.7 Å². The van der Waals surface area contributed by atoms with E-state index in [2.05, 4.69) is 10.3 Å². The van der Waals surface area contributed by atoms with Crippen molar-refractivity contribution in [3.63, 3.8) is 0 Å². The van der Waals surface area contributed by atoms with E-state index in [0.29, 0.717) is 22.8 Å². The van der Waals surface area contributed by atoms with Crippen molar-refractivity contribution in [2.45, 2.75) is 18.6 Å². The monoisotopic (exact) mass is 506 g/mol. The summed E-state index contributed by atoms with van der Waals surface area (Å²) in [4.78, 5) is 21.9. The molecule has 11 heteroatoms. The van der Waals surface area contributed by atoms with Crippen molar-refractivity contribution in [2.24, 2.45) is 0 Å². The first-order chi connectivity index (χ1) is 16.7. The number of nitrogens with one attached hydrogen (secondary N) is 1. The molecule has 3 rings (SSSR count). The molecular weight excluding hydrogens is 483 g/mol. The average Bonchev–Trinajstić information content (AvgIpc) is 2.83. The molecule has 186 valence electrons. The van der Waals surface area contributed by atoms with E-state index >= 15 is 0 Å². The average molecular weight is 507 g/mol. The van der Waals surface area contributed by atoms with Crippen molar-refractivity contribution in [1.29, 1.82) is 0 Å². The summed E-state index contributed by atoms with van der Waals surface area (Å²) in [5.74, 6) is -3.53. The molecule has 0 aliphatic rings. The lowest BCUT2D eigenvalue weighted by molar-refractivity contribution is -0.159. The van der Waals surface area contributed by atoms with Gasteiger partial charge in [0.15, 0.2) is 0 Å². The number of hydrogen-bond donors (Lipinski definition) is 5. The fourth-order valence-corrected chi connectivity index (χ4v) is 3.06. The van der Waals surface area contributed by atoms with Gasteiger partial charge < -0.3 is 30.5 Å². The molecule has 0 fully saturated rings. The molecule has 0 unspecified atom stereocenters. The van der Waals surface area contributed by atoms with E-state index in [1.165, 1.54) is 12.1 Å². The third-order valence-corrected chi connectivity index (χ3v) is 4.79. The Morgan fingerprint density at radius 1 is 1.03 bits per heavy atom. The molecule has 0 spiro atoms. The lowest BCUT2D eigenvalue weighted by Gasteiger charge is -2.19. The fraction of sp³-hybridized carbons (Fsp3) is 0.208. The van der Waals surface area contributed by atoms with Crippen LogP contribution in [-0.2, 0) is 16.0 Å². The fourth-order valence-electron chi connectivity index (χ4n) is 2.86. The minimum Gasteiger partial charge on any atom is -0.473 e. The highest BCUT2D eigenvalue weighted by atomic mass is 35.5. The Kier molecular flexibility index (Phi) is 11.0. The molecule has 0 aliphatic heterocycles. The van der Waals surface area contributed by atoms with Crippen molar-refractivity contribution < 1.29 is 39.1 Å². The molecule has 35 heavy (non-hydrogen) atoms. The number of rotatable bonds is 9. The van der Waals surface area contributed by atoms with Crippen LogP contribution in [0.15, 0.2) is 66.7 Å².